The van der Waals surface area contributed by atoms with E-state index in [0.29, 0.717) is 12.5 Å². The number of rotatable bonds is 5. The lowest BCUT2D eigenvalue weighted by molar-refractivity contribution is -0.124. The maximum absolute atomic E-state index is 12.1. The fraction of sp³-hybridized carbons (Fsp3) is 0.611. The van der Waals surface area contributed by atoms with Gasteiger partial charge in [-0.05, 0) is 29.9 Å². The highest BCUT2D eigenvalue weighted by Crippen LogP contribution is 2.31. The van der Waals surface area contributed by atoms with Gasteiger partial charge in [-0.1, -0.05) is 32.9 Å². The summed E-state index contributed by atoms with van der Waals surface area (Å²) in [6, 6.07) is 7.58. The number of carbonyl (C=O) groups excluding carboxylic acids is 1. The van der Waals surface area contributed by atoms with E-state index in [0.717, 1.165) is 30.9 Å². The molecule has 1 aromatic carbocycles. The molecule has 1 aliphatic rings. The molecular formula is C18H31Cl2N3O2. The molecule has 0 aliphatic carbocycles. The van der Waals surface area contributed by atoms with Crippen LogP contribution in [0, 0.1) is 11.3 Å². The number of nitrogens with zero attached hydrogens (tertiary/aromatic N) is 1. The van der Waals surface area contributed by atoms with Crippen LogP contribution in [0.4, 0.5) is 5.69 Å². The van der Waals surface area contributed by atoms with Crippen molar-refractivity contribution in [2.24, 2.45) is 17.1 Å². The van der Waals surface area contributed by atoms with E-state index in [-0.39, 0.29) is 36.1 Å². The average molecular weight is 392 g/mol. The van der Waals surface area contributed by atoms with E-state index in [4.69, 9.17) is 10.5 Å². The van der Waals surface area contributed by atoms with Gasteiger partial charge in [-0.2, -0.15) is 0 Å². The van der Waals surface area contributed by atoms with Crippen molar-refractivity contribution in [3.63, 3.8) is 0 Å². The van der Waals surface area contributed by atoms with Gasteiger partial charge in [-0.15, -0.1) is 24.8 Å². The molecule has 144 valence electrons. The first-order chi connectivity index (χ1) is 10.8. The van der Waals surface area contributed by atoms with Gasteiger partial charge in [0, 0.05) is 19.6 Å². The van der Waals surface area contributed by atoms with Crippen molar-refractivity contribution < 1.29 is 9.53 Å². The number of anilines is 1. The van der Waals surface area contributed by atoms with E-state index in [1.54, 1.807) is 7.11 Å². The van der Waals surface area contributed by atoms with E-state index in [1.807, 2.05) is 39.0 Å². The van der Waals surface area contributed by atoms with Gasteiger partial charge in [0.05, 0.1) is 18.8 Å². The Morgan fingerprint density at radius 3 is 2.60 bits per heavy atom. The standard InChI is InChI=1S/C18H29N3O2.2ClH/c1-18(2,3)16(19)17(22)20-11-13-9-10-21(12-13)14-7-5-6-8-15(14)23-4;;/h5-8,13,16H,9-12,19H2,1-4H3,(H,20,22);2*1H/t13?,16-;;/m1../s1. The lowest BCUT2D eigenvalue weighted by Crippen LogP contribution is -2.49. The van der Waals surface area contributed by atoms with Crippen LogP contribution >= 0.6 is 24.8 Å². The first-order valence-corrected chi connectivity index (χ1v) is 8.24. The SMILES string of the molecule is COc1ccccc1N1CCC(CNC(=O)[C@@H](N)C(C)(C)C)C1.Cl.Cl. The summed E-state index contributed by atoms with van der Waals surface area (Å²) >= 11 is 0. The van der Waals surface area contributed by atoms with Crippen molar-refractivity contribution in [3.05, 3.63) is 24.3 Å². The van der Waals surface area contributed by atoms with Crippen molar-refractivity contribution in [1.29, 1.82) is 0 Å². The van der Waals surface area contributed by atoms with Gasteiger partial charge in [0.1, 0.15) is 5.75 Å². The maximum atomic E-state index is 12.1. The predicted molar refractivity (Wildman–Crippen MR) is 108 cm³/mol. The molecule has 2 atom stereocenters. The molecule has 1 saturated heterocycles. The topological polar surface area (TPSA) is 67.6 Å². The molecule has 7 heteroatoms. The van der Waals surface area contributed by atoms with Gasteiger partial charge in [0.2, 0.25) is 5.91 Å². The van der Waals surface area contributed by atoms with E-state index in [2.05, 4.69) is 16.3 Å². The molecule has 3 N–H and O–H groups in total. The first-order valence-electron chi connectivity index (χ1n) is 8.24. The quantitative estimate of drug-likeness (QED) is 0.809. The zero-order chi connectivity index (χ0) is 17.0. The molecule has 5 nitrogen and oxygen atoms in total. The van der Waals surface area contributed by atoms with Gasteiger partial charge in [0.15, 0.2) is 0 Å². The summed E-state index contributed by atoms with van der Waals surface area (Å²) in [5.41, 5.74) is 6.90. The average Bonchev–Trinajstić information content (AvgIpc) is 2.99. The summed E-state index contributed by atoms with van der Waals surface area (Å²) in [6.45, 7) is 8.52. The Labute approximate surface area is 163 Å². The van der Waals surface area contributed by atoms with Crippen LogP contribution in [0.3, 0.4) is 0 Å². The second-order valence-corrected chi connectivity index (χ2v) is 7.36. The highest BCUT2D eigenvalue weighted by Gasteiger charge is 2.29. The third-order valence-electron chi connectivity index (χ3n) is 4.49. The van der Waals surface area contributed by atoms with Crippen molar-refractivity contribution in [3.8, 4) is 5.75 Å². The third kappa shape index (κ3) is 6.24. The summed E-state index contributed by atoms with van der Waals surface area (Å²) in [6.07, 6.45) is 1.06. The minimum atomic E-state index is -0.478. The number of hydrogen-bond acceptors (Lipinski definition) is 4. The molecule has 0 aromatic heterocycles. The van der Waals surface area contributed by atoms with Gasteiger partial charge in [0.25, 0.3) is 0 Å². The smallest absolute Gasteiger partial charge is 0.237 e. The maximum Gasteiger partial charge on any atom is 0.237 e. The Hall–Kier alpha value is -1.17. The number of para-hydroxylation sites is 2. The molecule has 1 aliphatic heterocycles. The van der Waals surface area contributed by atoms with Crippen LogP contribution in [0.25, 0.3) is 0 Å². The molecule has 25 heavy (non-hydrogen) atoms. The Morgan fingerprint density at radius 2 is 2.00 bits per heavy atom. The number of methoxy groups -OCH3 is 1. The van der Waals surface area contributed by atoms with Crippen LogP contribution in [0.2, 0.25) is 0 Å². The lowest BCUT2D eigenvalue weighted by Gasteiger charge is -2.26. The molecule has 1 fully saturated rings. The van der Waals surface area contributed by atoms with E-state index in [9.17, 15) is 4.79 Å². The zero-order valence-electron chi connectivity index (χ0n) is 15.5. The summed E-state index contributed by atoms with van der Waals surface area (Å²) < 4.78 is 5.43. The van der Waals surface area contributed by atoms with Crippen LogP contribution < -0.4 is 20.7 Å². The summed E-state index contributed by atoms with van der Waals surface area (Å²) in [7, 11) is 1.69. The van der Waals surface area contributed by atoms with Crippen LogP contribution in [-0.2, 0) is 4.79 Å². The van der Waals surface area contributed by atoms with Crippen LogP contribution in [0.5, 0.6) is 5.75 Å². The second-order valence-electron chi connectivity index (χ2n) is 7.36. The molecule has 1 heterocycles. The number of ether oxygens (including phenoxy) is 1. The molecule has 0 bridgehead atoms. The lowest BCUT2D eigenvalue weighted by atomic mass is 9.87. The van der Waals surface area contributed by atoms with E-state index in [1.165, 1.54) is 0 Å². The van der Waals surface area contributed by atoms with Crippen molar-refractivity contribution in [2.75, 3.05) is 31.6 Å². The summed E-state index contributed by atoms with van der Waals surface area (Å²) in [5, 5.41) is 3.01. The minimum Gasteiger partial charge on any atom is -0.495 e. The monoisotopic (exact) mass is 391 g/mol. The summed E-state index contributed by atoms with van der Waals surface area (Å²) in [4.78, 5) is 14.4. The van der Waals surface area contributed by atoms with Gasteiger partial charge in [-0.25, -0.2) is 0 Å². The van der Waals surface area contributed by atoms with Crippen LogP contribution in [0.15, 0.2) is 24.3 Å². The van der Waals surface area contributed by atoms with Gasteiger partial charge in [-0.3, -0.25) is 4.79 Å². The minimum absolute atomic E-state index is 0. The molecular weight excluding hydrogens is 361 g/mol. The Kier molecular flexibility index (Phi) is 9.62. The highest BCUT2D eigenvalue weighted by atomic mass is 35.5. The number of hydrogen-bond donors (Lipinski definition) is 2. The molecule has 0 saturated carbocycles. The Morgan fingerprint density at radius 1 is 1.36 bits per heavy atom. The predicted octanol–water partition coefficient (Wildman–Crippen LogP) is 2.85. The van der Waals surface area contributed by atoms with Crippen LogP contribution in [0.1, 0.15) is 27.2 Å². The molecule has 1 aromatic rings. The van der Waals surface area contributed by atoms with Crippen LogP contribution in [-0.4, -0.2) is 38.7 Å². The molecule has 2 rings (SSSR count). The molecule has 0 radical (unpaired) electrons. The van der Waals surface area contributed by atoms with Crippen molar-refractivity contribution >= 4 is 36.4 Å². The second kappa shape index (κ2) is 10.1. The Balaban J connectivity index is 0.00000288. The highest BCUT2D eigenvalue weighted by molar-refractivity contribution is 5.85. The van der Waals surface area contributed by atoms with E-state index < -0.39 is 6.04 Å². The normalized spacial score (nSPS) is 18.0. The molecule has 1 unspecified atom stereocenters. The fourth-order valence-corrected chi connectivity index (χ4v) is 2.86. The number of amides is 1. The van der Waals surface area contributed by atoms with Crippen molar-refractivity contribution in [2.45, 2.75) is 33.2 Å². The first kappa shape index (κ1) is 23.8. The van der Waals surface area contributed by atoms with Gasteiger partial charge < -0.3 is 20.7 Å². The number of nitrogens with one attached hydrogen (secondary N) is 1. The van der Waals surface area contributed by atoms with Crippen molar-refractivity contribution in [1.82, 2.24) is 5.32 Å². The molecule has 0 spiro atoms. The zero-order valence-corrected chi connectivity index (χ0v) is 17.1. The number of nitrogens with two attached hydrogens (primary N) is 1. The van der Waals surface area contributed by atoms with Gasteiger partial charge >= 0.3 is 0 Å². The Bertz CT molecular complexity index is 549. The third-order valence-corrected chi connectivity index (χ3v) is 4.49. The number of halogens is 2. The fourth-order valence-electron chi connectivity index (χ4n) is 2.86. The largest absolute Gasteiger partial charge is 0.495 e. The molecule has 1 amide bonds. The van der Waals surface area contributed by atoms with E-state index >= 15 is 0 Å². The number of carbonyl (C=O) groups is 1. The summed E-state index contributed by atoms with van der Waals surface area (Å²) in [5.74, 6) is 1.27. The number of benzene rings is 1.